The molecule has 16 heavy (non-hydrogen) atoms. The van der Waals surface area contributed by atoms with Gasteiger partial charge in [0, 0.05) is 19.6 Å². The van der Waals surface area contributed by atoms with E-state index in [2.05, 4.69) is 24.2 Å². The quantitative estimate of drug-likeness (QED) is 0.824. The summed E-state index contributed by atoms with van der Waals surface area (Å²) in [7, 11) is 1.73. The fourth-order valence-electron chi connectivity index (χ4n) is 1.75. The number of nitrogens with zero attached hydrogens (tertiary/aromatic N) is 3. The lowest BCUT2D eigenvalue weighted by molar-refractivity contribution is 0.0110. The number of ether oxygens (including phenoxy) is 1. The standard InChI is InChI=1S/C11H20N4O/c1-11(2,16-3)6-7-15-9(8-4-5-8)10(12)13-14-15/h8H,4-7,12H2,1-3H3. The maximum absolute atomic E-state index is 5.83. The maximum Gasteiger partial charge on any atom is 0.169 e. The number of aryl methyl sites for hydroxylation is 1. The van der Waals surface area contributed by atoms with Crippen LogP contribution in [0.15, 0.2) is 0 Å². The summed E-state index contributed by atoms with van der Waals surface area (Å²) in [6, 6.07) is 0. The Morgan fingerprint density at radius 2 is 2.19 bits per heavy atom. The Balaban J connectivity index is 2.04. The molecule has 90 valence electrons. The molecular formula is C11H20N4O. The third-order valence-electron chi connectivity index (χ3n) is 3.24. The first-order chi connectivity index (χ1) is 7.53. The minimum atomic E-state index is -0.123. The molecule has 1 aromatic heterocycles. The van der Waals surface area contributed by atoms with Crippen molar-refractivity contribution in [3.05, 3.63) is 5.69 Å². The Morgan fingerprint density at radius 3 is 2.75 bits per heavy atom. The van der Waals surface area contributed by atoms with Crippen LogP contribution in [0.25, 0.3) is 0 Å². The Bertz CT molecular complexity index is 368. The molecule has 0 spiro atoms. The van der Waals surface area contributed by atoms with Crippen LogP contribution in [0.5, 0.6) is 0 Å². The summed E-state index contributed by atoms with van der Waals surface area (Å²) in [6.45, 7) is 4.96. The third kappa shape index (κ3) is 2.35. The van der Waals surface area contributed by atoms with Gasteiger partial charge in [0.15, 0.2) is 5.82 Å². The van der Waals surface area contributed by atoms with E-state index in [-0.39, 0.29) is 5.60 Å². The highest BCUT2D eigenvalue weighted by atomic mass is 16.5. The van der Waals surface area contributed by atoms with Crippen LogP contribution in [0, 0.1) is 0 Å². The minimum absolute atomic E-state index is 0.123. The molecule has 1 aromatic rings. The third-order valence-corrected chi connectivity index (χ3v) is 3.24. The smallest absolute Gasteiger partial charge is 0.169 e. The normalized spacial score (nSPS) is 16.7. The molecule has 0 radical (unpaired) electrons. The molecule has 5 heteroatoms. The summed E-state index contributed by atoms with van der Waals surface area (Å²) in [5.74, 6) is 1.18. The molecule has 0 saturated heterocycles. The van der Waals surface area contributed by atoms with Gasteiger partial charge >= 0.3 is 0 Å². The van der Waals surface area contributed by atoms with Gasteiger partial charge in [-0.2, -0.15) is 0 Å². The zero-order chi connectivity index (χ0) is 11.8. The molecule has 1 aliphatic carbocycles. The van der Waals surface area contributed by atoms with Crippen molar-refractivity contribution in [3.63, 3.8) is 0 Å². The van der Waals surface area contributed by atoms with Gasteiger partial charge in [-0.05, 0) is 33.1 Å². The summed E-state index contributed by atoms with van der Waals surface area (Å²) in [4.78, 5) is 0. The molecule has 5 nitrogen and oxygen atoms in total. The molecule has 1 fully saturated rings. The number of hydrogen-bond donors (Lipinski definition) is 1. The first-order valence-corrected chi connectivity index (χ1v) is 5.77. The van der Waals surface area contributed by atoms with Gasteiger partial charge in [0.1, 0.15) is 0 Å². The van der Waals surface area contributed by atoms with E-state index in [0.717, 1.165) is 18.7 Å². The van der Waals surface area contributed by atoms with Gasteiger partial charge < -0.3 is 10.5 Å². The molecule has 2 rings (SSSR count). The molecule has 0 aliphatic heterocycles. The fourth-order valence-corrected chi connectivity index (χ4v) is 1.75. The first-order valence-electron chi connectivity index (χ1n) is 5.77. The van der Waals surface area contributed by atoms with Gasteiger partial charge in [0.2, 0.25) is 0 Å². The number of nitrogen functional groups attached to an aromatic ring is 1. The summed E-state index contributed by atoms with van der Waals surface area (Å²) < 4.78 is 7.33. The first kappa shape index (κ1) is 11.4. The number of methoxy groups -OCH3 is 1. The van der Waals surface area contributed by atoms with Crippen molar-refractivity contribution < 1.29 is 4.74 Å². The fraction of sp³-hybridized carbons (Fsp3) is 0.818. The zero-order valence-electron chi connectivity index (χ0n) is 10.2. The van der Waals surface area contributed by atoms with E-state index in [9.17, 15) is 0 Å². The van der Waals surface area contributed by atoms with Crippen LogP contribution in [0.3, 0.4) is 0 Å². The second-order valence-electron chi connectivity index (χ2n) is 5.07. The van der Waals surface area contributed by atoms with E-state index in [1.165, 1.54) is 12.8 Å². The van der Waals surface area contributed by atoms with Crippen LogP contribution >= 0.6 is 0 Å². The van der Waals surface area contributed by atoms with Crippen LogP contribution in [0.4, 0.5) is 5.82 Å². The van der Waals surface area contributed by atoms with E-state index in [1.54, 1.807) is 7.11 Å². The Labute approximate surface area is 96.0 Å². The molecule has 1 aliphatic rings. The molecule has 1 heterocycles. The van der Waals surface area contributed by atoms with Gasteiger partial charge in [-0.25, -0.2) is 4.68 Å². The lowest BCUT2D eigenvalue weighted by atomic mass is 10.1. The van der Waals surface area contributed by atoms with Crippen molar-refractivity contribution in [1.29, 1.82) is 0 Å². The van der Waals surface area contributed by atoms with Gasteiger partial charge in [0.05, 0.1) is 11.3 Å². The summed E-state index contributed by atoms with van der Waals surface area (Å²) in [5, 5.41) is 8.05. The van der Waals surface area contributed by atoms with Crippen molar-refractivity contribution in [2.45, 2.75) is 51.2 Å². The molecule has 1 saturated carbocycles. The van der Waals surface area contributed by atoms with E-state index >= 15 is 0 Å². The van der Waals surface area contributed by atoms with E-state index in [4.69, 9.17) is 10.5 Å². The molecule has 0 atom stereocenters. The lowest BCUT2D eigenvalue weighted by Crippen LogP contribution is -2.25. The summed E-state index contributed by atoms with van der Waals surface area (Å²) >= 11 is 0. The van der Waals surface area contributed by atoms with Crippen LogP contribution in [-0.4, -0.2) is 27.7 Å². The van der Waals surface area contributed by atoms with E-state index in [0.29, 0.717) is 11.7 Å². The van der Waals surface area contributed by atoms with Crippen molar-refractivity contribution >= 4 is 5.82 Å². The highest BCUT2D eigenvalue weighted by Crippen LogP contribution is 2.42. The lowest BCUT2D eigenvalue weighted by Gasteiger charge is -2.22. The minimum Gasteiger partial charge on any atom is -0.381 e. The van der Waals surface area contributed by atoms with Crippen LogP contribution < -0.4 is 5.73 Å². The number of nitrogens with two attached hydrogens (primary N) is 1. The SMILES string of the molecule is COC(C)(C)CCn1nnc(N)c1C1CC1. The van der Waals surface area contributed by atoms with Crippen molar-refractivity contribution in [3.8, 4) is 0 Å². The average Bonchev–Trinajstić information content (AvgIpc) is 3.01. The van der Waals surface area contributed by atoms with E-state index in [1.807, 2.05) is 4.68 Å². The number of aromatic nitrogens is 3. The molecule has 2 N–H and O–H groups in total. The Morgan fingerprint density at radius 1 is 1.50 bits per heavy atom. The van der Waals surface area contributed by atoms with Gasteiger partial charge in [-0.3, -0.25) is 0 Å². The highest BCUT2D eigenvalue weighted by Gasteiger charge is 2.31. The number of hydrogen-bond acceptors (Lipinski definition) is 4. The van der Waals surface area contributed by atoms with Gasteiger partial charge in [-0.1, -0.05) is 5.21 Å². The predicted molar refractivity (Wildman–Crippen MR) is 62.1 cm³/mol. The molecule has 0 bridgehead atoms. The Hall–Kier alpha value is -1.10. The van der Waals surface area contributed by atoms with Gasteiger partial charge in [-0.15, -0.1) is 5.10 Å². The van der Waals surface area contributed by atoms with E-state index < -0.39 is 0 Å². The van der Waals surface area contributed by atoms with Crippen LogP contribution in [0.2, 0.25) is 0 Å². The Kier molecular flexibility index (Phi) is 2.88. The molecule has 0 aromatic carbocycles. The van der Waals surface area contributed by atoms with Crippen molar-refractivity contribution in [2.24, 2.45) is 0 Å². The second-order valence-corrected chi connectivity index (χ2v) is 5.07. The summed E-state index contributed by atoms with van der Waals surface area (Å²) in [6.07, 6.45) is 3.34. The van der Waals surface area contributed by atoms with Crippen LogP contribution in [-0.2, 0) is 11.3 Å². The summed E-state index contributed by atoms with van der Waals surface area (Å²) in [5.41, 5.74) is 6.82. The monoisotopic (exact) mass is 224 g/mol. The molecule has 0 amide bonds. The predicted octanol–water partition coefficient (Wildman–Crippen LogP) is 1.55. The maximum atomic E-state index is 5.83. The van der Waals surface area contributed by atoms with Crippen molar-refractivity contribution in [1.82, 2.24) is 15.0 Å². The van der Waals surface area contributed by atoms with Gasteiger partial charge in [0.25, 0.3) is 0 Å². The largest absolute Gasteiger partial charge is 0.381 e. The second kappa shape index (κ2) is 4.05. The average molecular weight is 224 g/mol. The molecule has 0 unspecified atom stereocenters. The number of anilines is 1. The highest BCUT2D eigenvalue weighted by molar-refractivity contribution is 5.38. The van der Waals surface area contributed by atoms with Crippen molar-refractivity contribution in [2.75, 3.05) is 12.8 Å². The van der Waals surface area contributed by atoms with Crippen LogP contribution in [0.1, 0.15) is 44.7 Å². The molecular weight excluding hydrogens is 204 g/mol. The topological polar surface area (TPSA) is 66.0 Å². The number of rotatable bonds is 5. The zero-order valence-corrected chi connectivity index (χ0v) is 10.2.